The Morgan fingerprint density at radius 1 is 1.50 bits per heavy atom. The number of hydrogen-bond donors (Lipinski definition) is 1. The maximum Gasteiger partial charge on any atom is 0.142 e. The van der Waals surface area contributed by atoms with E-state index in [1.807, 2.05) is 0 Å². The van der Waals surface area contributed by atoms with Crippen LogP contribution in [0.4, 0.5) is 4.39 Å². The normalized spacial score (nSPS) is 12.4. The highest BCUT2D eigenvalue weighted by Gasteiger charge is 2.08. The summed E-state index contributed by atoms with van der Waals surface area (Å²) < 4.78 is 38.3. The first-order chi connectivity index (χ1) is 7.66. The molecule has 1 heterocycles. The highest BCUT2D eigenvalue weighted by molar-refractivity contribution is 7.74. The van der Waals surface area contributed by atoms with Crippen LogP contribution in [0.1, 0.15) is 0 Å². The van der Waals surface area contributed by atoms with E-state index in [9.17, 15) is 13.2 Å². The average Bonchev–Trinajstić information content (AvgIpc) is 2.69. The van der Waals surface area contributed by atoms with E-state index in [0.29, 0.717) is 5.82 Å². The lowest BCUT2D eigenvalue weighted by molar-refractivity contribution is 0.439. The van der Waals surface area contributed by atoms with Gasteiger partial charge < -0.3 is 13.7 Å². The van der Waals surface area contributed by atoms with E-state index in [-0.39, 0.29) is 11.3 Å². The van der Waals surface area contributed by atoms with Gasteiger partial charge in [0.05, 0.1) is 5.56 Å². The lowest BCUT2D eigenvalue weighted by Gasteiger charge is -2.07. The number of aromatic nitrogens is 2. The van der Waals surface area contributed by atoms with Gasteiger partial charge in [-0.1, -0.05) is 0 Å². The van der Waals surface area contributed by atoms with Crippen molar-refractivity contribution in [2.24, 2.45) is 0 Å². The van der Waals surface area contributed by atoms with Gasteiger partial charge in [0.1, 0.15) is 28.8 Å². The molecule has 1 aromatic carbocycles. The lowest BCUT2D eigenvalue weighted by atomic mass is 10.2. The molecule has 1 N–H and O–H groups in total. The number of halogens is 1. The van der Waals surface area contributed by atoms with Gasteiger partial charge in [0, 0.05) is 18.5 Å². The zero-order valence-corrected chi connectivity index (χ0v) is 8.66. The molecule has 5 nitrogen and oxygen atoms in total. The summed E-state index contributed by atoms with van der Waals surface area (Å²) in [6, 6.07) is 3.71. The number of nitrogens with one attached hydrogen (secondary N) is 1. The minimum atomic E-state index is -2.71. The molecule has 0 bridgehead atoms. The van der Waals surface area contributed by atoms with Crippen molar-refractivity contribution < 1.29 is 17.3 Å². The van der Waals surface area contributed by atoms with E-state index in [1.165, 1.54) is 18.3 Å². The first kappa shape index (κ1) is 10.8. The van der Waals surface area contributed by atoms with Gasteiger partial charge in [0.15, 0.2) is 0 Å². The Balaban J connectivity index is 2.34. The third-order valence-corrected chi connectivity index (χ3v) is 2.19. The molecule has 0 aliphatic carbocycles. The van der Waals surface area contributed by atoms with E-state index in [0.717, 1.165) is 6.07 Å². The summed E-state index contributed by atoms with van der Waals surface area (Å²) in [7, 11) is 0. The monoisotopic (exact) mass is 241 g/mol. The summed E-state index contributed by atoms with van der Waals surface area (Å²) in [6.07, 6.45) is 3.05. The minimum Gasteiger partial charge on any atom is -0.740 e. The maximum atomic E-state index is 13.5. The van der Waals surface area contributed by atoms with Crippen LogP contribution in [-0.4, -0.2) is 18.7 Å². The van der Waals surface area contributed by atoms with Crippen LogP contribution in [0.5, 0.6) is 5.75 Å². The number of benzene rings is 1. The Kier molecular flexibility index (Phi) is 2.97. The smallest absolute Gasteiger partial charge is 0.142 e. The molecule has 0 saturated carbocycles. The first-order valence-electron chi connectivity index (χ1n) is 4.23. The van der Waals surface area contributed by atoms with Crippen LogP contribution >= 0.6 is 0 Å². The minimum absolute atomic E-state index is 0.0823. The molecule has 0 aliphatic rings. The molecule has 16 heavy (non-hydrogen) atoms. The molecule has 0 saturated heterocycles. The van der Waals surface area contributed by atoms with Crippen molar-refractivity contribution >= 4 is 11.4 Å². The van der Waals surface area contributed by atoms with E-state index in [1.54, 1.807) is 6.20 Å². The fraction of sp³-hybridized carbons (Fsp3) is 0. The van der Waals surface area contributed by atoms with Crippen LogP contribution in [0.25, 0.3) is 11.4 Å². The first-order valence-corrected chi connectivity index (χ1v) is 5.23. The van der Waals surface area contributed by atoms with Crippen LogP contribution < -0.4 is 4.18 Å². The van der Waals surface area contributed by atoms with Crippen LogP contribution in [0.2, 0.25) is 0 Å². The van der Waals surface area contributed by atoms with Gasteiger partial charge in [0.2, 0.25) is 0 Å². The Morgan fingerprint density at radius 3 is 2.88 bits per heavy atom. The van der Waals surface area contributed by atoms with Crippen molar-refractivity contribution in [1.29, 1.82) is 0 Å². The standard InChI is InChI=1S/C9H7FN2O3S/c10-8-5-6(15-16(13)14)1-2-7(8)9-11-3-4-12-9/h1-5H,(H,11,12)(H,13,14)/p-1. The maximum absolute atomic E-state index is 13.5. The number of hydrogen-bond acceptors (Lipinski definition) is 4. The van der Waals surface area contributed by atoms with Crippen molar-refractivity contribution in [3.63, 3.8) is 0 Å². The molecule has 2 rings (SSSR count). The third-order valence-electron chi connectivity index (χ3n) is 1.86. The summed E-state index contributed by atoms with van der Waals surface area (Å²) in [6.45, 7) is 0. The van der Waals surface area contributed by atoms with Crippen LogP contribution in [0.3, 0.4) is 0 Å². The molecule has 7 heteroatoms. The largest absolute Gasteiger partial charge is 0.740 e. The Labute approximate surface area is 92.8 Å². The highest BCUT2D eigenvalue weighted by atomic mass is 32.2. The van der Waals surface area contributed by atoms with Gasteiger partial charge in [-0.3, -0.25) is 0 Å². The summed E-state index contributed by atoms with van der Waals surface area (Å²) in [5.41, 5.74) is 0.244. The average molecular weight is 241 g/mol. The Morgan fingerprint density at radius 2 is 2.31 bits per heavy atom. The summed E-state index contributed by atoms with van der Waals surface area (Å²) in [4.78, 5) is 6.62. The molecule has 2 aromatic rings. The van der Waals surface area contributed by atoms with Gasteiger partial charge in [-0.25, -0.2) is 13.6 Å². The van der Waals surface area contributed by atoms with Gasteiger partial charge in [-0.2, -0.15) is 0 Å². The molecular formula is C9H6FN2O3S-. The molecule has 0 fully saturated rings. The highest BCUT2D eigenvalue weighted by Crippen LogP contribution is 2.23. The second-order valence-corrected chi connectivity index (χ2v) is 3.44. The summed E-state index contributed by atoms with van der Waals surface area (Å²) in [5, 5.41) is 0. The molecule has 0 aliphatic heterocycles. The van der Waals surface area contributed by atoms with Gasteiger partial charge >= 0.3 is 0 Å². The van der Waals surface area contributed by atoms with Gasteiger partial charge in [0.25, 0.3) is 0 Å². The quantitative estimate of drug-likeness (QED) is 0.823. The van der Waals surface area contributed by atoms with Crippen molar-refractivity contribution in [2.75, 3.05) is 0 Å². The van der Waals surface area contributed by atoms with Crippen molar-refractivity contribution in [1.82, 2.24) is 9.97 Å². The molecule has 0 amide bonds. The molecule has 1 atom stereocenters. The second-order valence-electron chi connectivity index (χ2n) is 2.87. The second kappa shape index (κ2) is 4.42. The molecule has 0 spiro atoms. The van der Waals surface area contributed by atoms with E-state index < -0.39 is 17.2 Å². The predicted octanol–water partition coefficient (Wildman–Crippen LogP) is 1.39. The SMILES string of the molecule is O=S([O-])Oc1ccc(-c2ncc[nH]2)c(F)c1. The molecule has 84 valence electrons. The molecule has 1 aromatic heterocycles. The van der Waals surface area contributed by atoms with Crippen molar-refractivity contribution in [3.05, 3.63) is 36.4 Å². The number of H-pyrrole nitrogens is 1. The summed E-state index contributed by atoms with van der Waals surface area (Å²) in [5.74, 6) is -0.327. The van der Waals surface area contributed by atoms with Crippen molar-refractivity contribution in [2.45, 2.75) is 0 Å². The molecule has 1 unspecified atom stereocenters. The third kappa shape index (κ3) is 2.26. The van der Waals surface area contributed by atoms with E-state index in [2.05, 4.69) is 14.2 Å². The molecular weight excluding hydrogens is 235 g/mol. The van der Waals surface area contributed by atoms with E-state index in [4.69, 9.17) is 0 Å². The topological polar surface area (TPSA) is 78.0 Å². The lowest BCUT2D eigenvalue weighted by Crippen LogP contribution is -1.98. The Bertz CT molecular complexity index is 515. The number of imidazole rings is 1. The van der Waals surface area contributed by atoms with Gasteiger partial charge in [-0.05, 0) is 12.1 Å². The zero-order valence-electron chi connectivity index (χ0n) is 7.84. The van der Waals surface area contributed by atoms with Crippen LogP contribution in [0, 0.1) is 5.82 Å². The molecule has 0 radical (unpaired) electrons. The van der Waals surface area contributed by atoms with Crippen molar-refractivity contribution in [3.8, 4) is 17.1 Å². The fourth-order valence-corrected chi connectivity index (χ4v) is 1.49. The Hall–Kier alpha value is -1.73. The predicted molar refractivity (Wildman–Crippen MR) is 53.5 cm³/mol. The number of aromatic amines is 1. The number of nitrogens with zero attached hydrogens (tertiary/aromatic N) is 1. The summed E-state index contributed by atoms with van der Waals surface area (Å²) >= 11 is -2.71. The van der Waals surface area contributed by atoms with E-state index >= 15 is 0 Å². The number of rotatable bonds is 3. The zero-order chi connectivity index (χ0) is 11.5. The van der Waals surface area contributed by atoms with Crippen LogP contribution in [-0.2, 0) is 11.4 Å². The fourth-order valence-electron chi connectivity index (χ4n) is 1.23. The van der Waals surface area contributed by atoms with Crippen LogP contribution in [0.15, 0.2) is 30.6 Å². The van der Waals surface area contributed by atoms with Gasteiger partial charge in [-0.15, -0.1) is 0 Å².